The van der Waals surface area contributed by atoms with Gasteiger partial charge in [-0.3, -0.25) is 0 Å². The average Bonchev–Trinajstić information content (AvgIpc) is 3.33. The summed E-state index contributed by atoms with van der Waals surface area (Å²) in [7, 11) is 1.65. The predicted octanol–water partition coefficient (Wildman–Crippen LogP) is 3.62. The molecule has 0 aliphatic heterocycles. The van der Waals surface area contributed by atoms with Gasteiger partial charge in [-0.2, -0.15) is 14.6 Å². The fraction of sp³-hybridized carbons (Fsp3) is 0.421. The van der Waals surface area contributed by atoms with Crippen LogP contribution in [0.2, 0.25) is 0 Å². The van der Waals surface area contributed by atoms with Crippen LogP contribution in [0.4, 0.5) is 17.2 Å². The van der Waals surface area contributed by atoms with Crippen LogP contribution in [0.1, 0.15) is 31.4 Å². The standard InChI is InChI=1S/C19H24N6O/c1-26-12-17-10-18(25-19(24-17)21-13-22-25)23-16-8-6-15(7-9-16)20-11-14-4-2-3-5-14/h6-10,13-14,20,23H,2-5,11-12H2,1H3. The van der Waals surface area contributed by atoms with E-state index in [0.717, 1.165) is 35.3 Å². The van der Waals surface area contributed by atoms with Gasteiger partial charge in [0.1, 0.15) is 12.1 Å². The maximum absolute atomic E-state index is 5.19. The largest absolute Gasteiger partial charge is 0.385 e. The number of rotatable bonds is 7. The van der Waals surface area contributed by atoms with E-state index in [1.54, 1.807) is 11.6 Å². The molecule has 1 aliphatic rings. The van der Waals surface area contributed by atoms with Gasteiger partial charge in [-0.05, 0) is 43.0 Å². The van der Waals surface area contributed by atoms with Gasteiger partial charge in [-0.15, -0.1) is 0 Å². The lowest BCUT2D eigenvalue weighted by molar-refractivity contribution is 0.181. The number of methoxy groups -OCH3 is 1. The smallest absolute Gasteiger partial charge is 0.254 e. The maximum Gasteiger partial charge on any atom is 0.254 e. The molecule has 4 rings (SSSR count). The zero-order chi connectivity index (χ0) is 17.8. The summed E-state index contributed by atoms with van der Waals surface area (Å²) in [5, 5.41) is 11.2. The van der Waals surface area contributed by atoms with Gasteiger partial charge >= 0.3 is 0 Å². The quantitative estimate of drug-likeness (QED) is 0.676. The van der Waals surface area contributed by atoms with E-state index in [0.29, 0.717) is 12.4 Å². The summed E-state index contributed by atoms with van der Waals surface area (Å²) in [6, 6.07) is 10.3. The van der Waals surface area contributed by atoms with Crippen LogP contribution in [0.3, 0.4) is 0 Å². The Morgan fingerprint density at radius 1 is 1.15 bits per heavy atom. The molecule has 136 valence electrons. The van der Waals surface area contributed by atoms with E-state index in [1.165, 1.54) is 32.0 Å². The number of aromatic nitrogens is 4. The van der Waals surface area contributed by atoms with Crippen LogP contribution in [-0.4, -0.2) is 33.2 Å². The van der Waals surface area contributed by atoms with Gasteiger partial charge in [0.05, 0.1) is 12.3 Å². The number of fused-ring (bicyclic) bond motifs is 1. The van der Waals surface area contributed by atoms with Gasteiger partial charge in [-0.25, -0.2) is 4.98 Å². The SMILES string of the molecule is COCc1cc(Nc2ccc(NCC3CCCC3)cc2)n2ncnc2n1. The molecule has 1 aromatic carbocycles. The normalized spacial score (nSPS) is 14.8. The van der Waals surface area contributed by atoms with Crippen molar-refractivity contribution in [2.75, 3.05) is 24.3 Å². The van der Waals surface area contributed by atoms with E-state index in [4.69, 9.17) is 4.74 Å². The topological polar surface area (TPSA) is 76.4 Å². The van der Waals surface area contributed by atoms with Crippen molar-refractivity contribution in [2.45, 2.75) is 32.3 Å². The molecule has 7 heteroatoms. The van der Waals surface area contributed by atoms with Crippen molar-refractivity contribution in [3.8, 4) is 0 Å². The van der Waals surface area contributed by atoms with E-state index in [1.807, 2.05) is 6.07 Å². The molecular weight excluding hydrogens is 328 g/mol. The Balaban J connectivity index is 1.46. The van der Waals surface area contributed by atoms with Crippen molar-refractivity contribution in [1.29, 1.82) is 0 Å². The molecule has 0 radical (unpaired) electrons. The third-order valence-electron chi connectivity index (χ3n) is 4.82. The molecule has 2 aromatic heterocycles. The van der Waals surface area contributed by atoms with Crippen molar-refractivity contribution in [1.82, 2.24) is 19.6 Å². The van der Waals surface area contributed by atoms with Crippen molar-refractivity contribution in [3.05, 3.63) is 42.4 Å². The first kappa shape index (κ1) is 16.8. The number of nitrogens with one attached hydrogen (secondary N) is 2. The molecule has 0 spiro atoms. The number of hydrogen-bond acceptors (Lipinski definition) is 6. The molecule has 0 bridgehead atoms. The average molecular weight is 352 g/mol. The molecule has 0 unspecified atom stereocenters. The summed E-state index contributed by atoms with van der Waals surface area (Å²) in [6.45, 7) is 1.50. The van der Waals surface area contributed by atoms with Crippen LogP contribution in [0.5, 0.6) is 0 Å². The predicted molar refractivity (Wildman–Crippen MR) is 102 cm³/mol. The number of nitrogens with zero attached hydrogens (tertiary/aromatic N) is 4. The number of anilines is 3. The van der Waals surface area contributed by atoms with Crippen LogP contribution in [0.15, 0.2) is 36.7 Å². The minimum Gasteiger partial charge on any atom is -0.385 e. The monoisotopic (exact) mass is 352 g/mol. The van der Waals surface area contributed by atoms with E-state index >= 15 is 0 Å². The molecule has 1 saturated carbocycles. The number of ether oxygens (including phenoxy) is 1. The molecule has 0 atom stereocenters. The van der Waals surface area contributed by atoms with Crippen LogP contribution in [-0.2, 0) is 11.3 Å². The Morgan fingerprint density at radius 3 is 2.69 bits per heavy atom. The lowest BCUT2D eigenvalue weighted by Crippen LogP contribution is -2.10. The lowest BCUT2D eigenvalue weighted by Gasteiger charge is -2.13. The zero-order valence-corrected chi connectivity index (χ0v) is 15.0. The molecule has 1 aliphatic carbocycles. The molecule has 1 fully saturated rings. The highest BCUT2D eigenvalue weighted by Crippen LogP contribution is 2.25. The lowest BCUT2D eigenvalue weighted by atomic mass is 10.1. The molecule has 7 nitrogen and oxygen atoms in total. The molecule has 0 amide bonds. The Kier molecular flexibility index (Phi) is 4.97. The first-order chi connectivity index (χ1) is 12.8. The Hall–Kier alpha value is -2.67. The number of hydrogen-bond donors (Lipinski definition) is 2. The van der Waals surface area contributed by atoms with E-state index in [9.17, 15) is 0 Å². The second-order valence-electron chi connectivity index (χ2n) is 6.77. The third kappa shape index (κ3) is 3.77. The number of benzene rings is 1. The third-order valence-corrected chi connectivity index (χ3v) is 4.82. The summed E-state index contributed by atoms with van der Waals surface area (Å²) in [5.74, 6) is 2.19. The van der Waals surface area contributed by atoms with Crippen LogP contribution < -0.4 is 10.6 Å². The van der Waals surface area contributed by atoms with Crippen LogP contribution >= 0.6 is 0 Å². The summed E-state index contributed by atoms with van der Waals surface area (Å²) in [4.78, 5) is 8.59. The molecule has 2 heterocycles. The summed E-state index contributed by atoms with van der Waals surface area (Å²) in [5.41, 5.74) is 2.95. The van der Waals surface area contributed by atoms with Gasteiger partial charge in [-0.1, -0.05) is 12.8 Å². The van der Waals surface area contributed by atoms with Crippen molar-refractivity contribution < 1.29 is 4.74 Å². The molecule has 2 N–H and O–H groups in total. The summed E-state index contributed by atoms with van der Waals surface area (Å²) in [6.07, 6.45) is 6.96. The minimum absolute atomic E-state index is 0.433. The molecule has 26 heavy (non-hydrogen) atoms. The van der Waals surface area contributed by atoms with Gasteiger partial charge in [0.2, 0.25) is 0 Å². The fourth-order valence-corrected chi connectivity index (χ4v) is 3.47. The fourth-order valence-electron chi connectivity index (χ4n) is 3.47. The van der Waals surface area contributed by atoms with E-state index < -0.39 is 0 Å². The van der Waals surface area contributed by atoms with Crippen molar-refractivity contribution in [2.24, 2.45) is 5.92 Å². The van der Waals surface area contributed by atoms with Crippen LogP contribution in [0, 0.1) is 5.92 Å². The van der Waals surface area contributed by atoms with E-state index in [2.05, 4.69) is 50.0 Å². The van der Waals surface area contributed by atoms with E-state index in [-0.39, 0.29) is 0 Å². The first-order valence-corrected chi connectivity index (χ1v) is 9.11. The molecular formula is C19H24N6O. The first-order valence-electron chi connectivity index (χ1n) is 9.11. The highest BCUT2D eigenvalue weighted by Gasteiger charge is 2.14. The van der Waals surface area contributed by atoms with Crippen molar-refractivity contribution >= 4 is 23.0 Å². The van der Waals surface area contributed by atoms with Gasteiger partial charge in [0, 0.05) is 31.1 Å². The Bertz CT molecular complexity index is 854. The Labute approximate surface area is 152 Å². The van der Waals surface area contributed by atoms with Crippen molar-refractivity contribution in [3.63, 3.8) is 0 Å². The minimum atomic E-state index is 0.433. The molecule has 3 aromatic rings. The Morgan fingerprint density at radius 2 is 1.92 bits per heavy atom. The highest BCUT2D eigenvalue weighted by molar-refractivity contribution is 5.61. The van der Waals surface area contributed by atoms with Crippen LogP contribution in [0.25, 0.3) is 5.78 Å². The highest BCUT2D eigenvalue weighted by atomic mass is 16.5. The van der Waals surface area contributed by atoms with Gasteiger partial charge in [0.15, 0.2) is 0 Å². The van der Waals surface area contributed by atoms with Gasteiger partial charge < -0.3 is 15.4 Å². The summed E-state index contributed by atoms with van der Waals surface area (Å²) < 4.78 is 6.87. The maximum atomic E-state index is 5.19. The zero-order valence-electron chi connectivity index (χ0n) is 15.0. The molecule has 0 saturated heterocycles. The van der Waals surface area contributed by atoms with Gasteiger partial charge in [0.25, 0.3) is 5.78 Å². The second kappa shape index (κ2) is 7.70. The summed E-state index contributed by atoms with van der Waals surface area (Å²) >= 11 is 0. The second-order valence-corrected chi connectivity index (χ2v) is 6.77.